The predicted molar refractivity (Wildman–Crippen MR) is 238 cm³/mol. The van der Waals surface area contributed by atoms with Crippen LogP contribution in [0.2, 0.25) is 80.4 Å². The van der Waals surface area contributed by atoms with E-state index in [4.69, 9.17) is 211 Å². The average Bonchev–Trinajstić information content (AvgIpc) is 3.92. The average molecular weight is 1070 g/mol. The lowest BCUT2D eigenvalue weighted by Crippen LogP contribution is -2.15. The van der Waals surface area contributed by atoms with Crippen LogP contribution in [0.15, 0.2) is 25.0 Å². The standard InChI is InChI=1S/C32H4Cl16N8/c33-9-1-2(10(34)18(42)17(9)41)26-49-25(1)53-27-3-4(12(36)20(44)19(43)11(3)35)29(50-27)55-31-7-8(16(40)24(48)23(47)15(7)39)32(52-31)56-30-6-5(28(51-30)54-26)13(37)21(45)22(46)14(6)38/h25,50,53H,(H,49,51,52,54,55,56). The summed E-state index contributed by atoms with van der Waals surface area (Å²) in [6.45, 7) is 0. The second kappa shape index (κ2) is 14.3. The third-order valence-corrected chi connectivity index (χ3v) is 16.1. The van der Waals surface area contributed by atoms with E-state index < -0.39 is 6.17 Å². The number of nitrogens with zero attached hydrogens (tertiary/aromatic N) is 5. The van der Waals surface area contributed by atoms with E-state index in [2.05, 4.69) is 15.3 Å². The number of hydrogen-bond acceptors (Lipinski definition) is 6. The van der Waals surface area contributed by atoms with Crippen molar-refractivity contribution in [2.45, 2.75) is 6.17 Å². The van der Waals surface area contributed by atoms with Gasteiger partial charge in [-0.1, -0.05) is 186 Å². The second-order valence-corrected chi connectivity index (χ2v) is 17.9. The lowest BCUT2D eigenvalue weighted by Gasteiger charge is -2.17. The molecule has 0 saturated carbocycles. The summed E-state index contributed by atoms with van der Waals surface area (Å²) >= 11 is 107. The summed E-state index contributed by atoms with van der Waals surface area (Å²) in [5.74, 6) is 0.162. The molecule has 0 spiro atoms. The molecule has 0 amide bonds. The molecule has 5 heterocycles. The molecular weight excluding hydrogens is 1060 g/mol. The Kier molecular flexibility index (Phi) is 10.3. The molecule has 0 aliphatic carbocycles. The Hall–Kier alpha value is -0.990. The van der Waals surface area contributed by atoms with Crippen LogP contribution in [-0.4, -0.2) is 27.5 Å². The number of aliphatic imine (C=N–C) groups is 3. The van der Waals surface area contributed by atoms with Crippen LogP contribution >= 0.6 is 186 Å². The van der Waals surface area contributed by atoms with E-state index in [9.17, 15) is 0 Å². The van der Waals surface area contributed by atoms with Gasteiger partial charge < -0.3 is 15.3 Å². The molecule has 284 valence electrons. The van der Waals surface area contributed by atoms with Crippen LogP contribution in [0.4, 0.5) is 11.6 Å². The maximum atomic E-state index is 6.88. The molecule has 1 unspecified atom stereocenters. The van der Waals surface area contributed by atoms with Gasteiger partial charge in [-0.25, -0.2) is 25.0 Å². The fraction of sp³-hybridized carbons (Fsp3) is 0.0312. The molecule has 3 aliphatic heterocycles. The van der Waals surface area contributed by atoms with Gasteiger partial charge in [-0.3, -0.25) is 0 Å². The fourth-order valence-electron chi connectivity index (χ4n) is 6.45. The predicted octanol–water partition coefficient (Wildman–Crippen LogP) is 15.8. The van der Waals surface area contributed by atoms with Gasteiger partial charge in [0.2, 0.25) is 0 Å². The highest BCUT2D eigenvalue weighted by Gasteiger charge is 2.37. The Labute approximate surface area is 392 Å². The van der Waals surface area contributed by atoms with E-state index in [1.807, 2.05) is 0 Å². The molecule has 8 nitrogen and oxygen atoms in total. The van der Waals surface area contributed by atoms with Gasteiger partial charge in [0, 0.05) is 21.9 Å². The fourth-order valence-corrected chi connectivity index (χ4v) is 10.6. The number of fused-ring (bicyclic) bond motifs is 18. The molecule has 0 radical (unpaired) electrons. The number of anilines is 1. The molecule has 3 aliphatic rings. The van der Waals surface area contributed by atoms with Crippen molar-refractivity contribution in [3.05, 3.63) is 114 Å². The van der Waals surface area contributed by atoms with Gasteiger partial charge in [-0.2, -0.15) is 0 Å². The SMILES string of the molecule is Clc1c(Cl)c(Cl)c2c(c1Cl)C1=NC/2=N\c2[nH]c(c3c(Cl)c(Cl)c(Cl)c(Cl)c23)NC2N=C(/N=c3\[nH]/c(c4c(Cl)c(Cl)c(Cl)c(Cl)c34)=N\1)c1c(Cl)c(Cl)c(Cl)c(Cl)c12. The van der Waals surface area contributed by atoms with E-state index in [0.29, 0.717) is 0 Å². The van der Waals surface area contributed by atoms with Gasteiger partial charge in [0.1, 0.15) is 22.6 Å². The van der Waals surface area contributed by atoms with Crippen LogP contribution in [0, 0.1) is 0 Å². The van der Waals surface area contributed by atoms with Crippen LogP contribution in [0.1, 0.15) is 28.4 Å². The summed E-state index contributed by atoms with van der Waals surface area (Å²) in [6.07, 6.45) is -1.09. The van der Waals surface area contributed by atoms with Crippen molar-refractivity contribution in [1.29, 1.82) is 0 Å². The number of H-pyrrole nitrogens is 2. The summed E-state index contributed by atoms with van der Waals surface area (Å²) in [5.41, 5.74) is 0.896. The highest BCUT2D eigenvalue weighted by molar-refractivity contribution is 6.58. The number of rotatable bonds is 0. The van der Waals surface area contributed by atoms with Crippen LogP contribution in [-0.2, 0) is 0 Å². The molecular formula is C32H4Cl16N8. The van der Waals surface area contributed by atoms with Crippen LogP contribution in [0.3, 0.4) is 0 Å². The number of aromatic amines is 2. The van der Waals surface area contributed by atoms with Gasteiger partial charge in [-0.15, -0.1) is 0 Å². The minimum Gasteiger partial charge on any atom is -0.346 e. The highest BCUT2D eigenvalue weighted by atomic mass is 35.5. The lowest BCUT2D eigenvalue weighted by molar-refractivity contribution is 0.854. The first-order chi connectivity index (χ1) is 26.4. The molecule has 0 saturated heterocycles. The number of amidine groups is 3. The number of halogens is 16. The molecule has 0 fully saturated rings. The van der Waals surface area contributed by atoms with Crippen molar-refractivity contribution in [3.8, 4) is 0 Å². The highest BCUT2D eigenvalue weighted by Crippen LogP contribution is 2.53. The summed E-state index contributed by atoms with van der Waals surface area (Å²) in [7, 11) is 0. The quantitative estimate of drug-likeness (QED) is 0.102. The smallest absolute Gasteiger partial charge is 0.166 e. The van der Waals surface area contributed by atoms with Crippen molar-refractivity contribution in [2.75, 3.05) is 5.32 Å². The van der Waals surface area contributed by atoms with E-state index in [1.54, 1.807) is 0 Å². The van der Waals surface area contributed by atoms with Crippen molar-refractivity contribution in [2.24, 2.45) is 25.0 Å². The zero-order chi connectivity index (χ0) is 40.1. The van der Waals surface area contributed by atoms with Crippen LogP contribution in [0.25, 0.3) is 21.5 Å². The number of nitrogens with one attached hydrogen (secondary N) is 3. The van der Waals surface area contributed by atoms with E-state index in [1.165, 1.54) is 0 Å². The second-order valence-electron chi connectivity index (χ2n) is 11.8. The van der Waals surface area contributed by atoms with Crippen LogP contribution in [0.5, 0.6) is 0 Å². The zero-order valence-electron chi connectivity index (χ0n) is 25.9. The van der Waals surface area contributed by atoms with Crippen molar-refractivity contribution in [3.63, 3.8) is 0 Å². The monoisotopic (exact) mass is 1060 g/mol. The summed E-state index contributed by atoms with van der Waals surface area (Å²) in [4.78, 5) is 30.4. The lowest BCUT2D eigenvalue weighted by atomic mass is 10.1. The molecule has 8 bridgehead atoms. The van der Waals surface area contributed by atoms with E-state index in [-0.39, 0.29) is 164 Å². The first kappa shape index (κ1) is 40.4. The van der Waals surface area contributed by atoms with Gasteiger partial charge in [0.25, 0.3) is 0 Å². The minimum atomic E-state index is -1.09. The molecule has 9 rings (SSSR count). The summed E-state index contributed by atoms with van der Waals surface area (Å²) in [6, 6.07) is 0. The Balaban J connectivity index is 1.51. The third-order valence-electron chi connectivity index (χ3n) is 8.89. The van der Waals surface area contributed by atoms with Gasteiger partial charge >= 0.3 is 0 Å². The van der Waals surface area contributed by atoms with Gasteiger partial charge in [0.15, 0.2) is 23.7 Å². The minimum absolute atomic E-state index is 0.00129. The molecule has 6 aromatic rings. The Morgan fingerprint density at radius 2 is 0.750 bits per heavy atom. The maximum absolute atomic E-state index is 6.88. The van der Waals surface area contributed by atoms with E-state index >= 15 is 0 Å². The molecule has 24 heteroatoms. The summed E-state index contributed by atoms with van der Waals surface area (Å²) < 4.78 is 0. The molecule has 4 aromatic carbocycles. The first-order valence-electron chi connectivity index (χ1n) is 14.9. The first-order valence-corrected chi connectivity index (χ1v) is 20.9. The van der Waals surface area contributed by atoms with Crippen LogP contribution < -0.4 is 16.3 Å². The Morgan fingerprint density at radius 3 is 1.29 bits per heavy atom. The Bertz CT molecular complexity index is 3150. The Morgan fingerprint density at radius 1 is 0.339 bits per heavy atom. The van der Waals surface area contributed by atoms with Gasteiger partial charge in [0.05, 0.1) is 102 Å². The number of aromatic nitrogens is 2. The van der Waals surface area contributed by atoms with E-state index in [0.717, 1.165) is 0 Å². The molecule has 56 heavy (non-hydrogen) atoms. The number of hydrogen-bond donors (Lipinski definition) is 3. The van der Waals surface area contributed by atoms with Crippen molar-refractivity contribution in [1.82, 2.24) is 9.97 Å². The molecule has 3 N–H and O–H groups in total. The summed E-state index contributed by atoms with van der Waals surface area (Å²) in [5, 5.41) is 3.42. The molecule has 2 aromatic heterocycles. The zero-order valence-corrected chi connectivity index (χ0v) is 38.0. The van der Waals surface area contributed by atoms with Crippen molar-refractivity contribution < 1.29 is 0 Å². The largest absolute Gasteiger partial charge is 0.346 e. The van der Waals surface area contributed by atoms with Crippen molar-refractivity contribution >= 4 is 236 Å². The number of benzene rings is 4. The normalized spacial score (nSPS) is 17.9. The molecule has 1 atom stereocenters. The third kappa shape index (κ3) is 5.67. The maximum Gasteiger partial charge on any atom is 0.166 e. The topological polar surface area (TPSA) is 105 Å². The van der Waals surface area contributed by atoms with Gasteiger partial charge in [-0.05, 0) is 0 Å².